The number of aryl methyl sites for hydroxylation is 2. The van der Waals surface area contributed by atoms with Gasteiger partial charge in [0, 0.05) is 16.3 Å². The van der Waals surface area contributed by atoms with E-state index >= 15 is 0 Å². The molecule has 2 N–H and O–H groups in total. The summed E-state index contributed by atoms with van der Waals surface area (Å²) in [7, 11) is 3.79. The minimum Gasteiger partial charge on any atom is -0.497 e. The number of ether oxygens (including phenoxy) is 1. The molecule has 0 aliphatic rings. The van der Waals surface area contributed by atoms with Crippen molar-refractivity contribution in [3.8, 4) is 5.75 Å². The summed E-state index contributed by atoms with van der Waals surface area (Å²) in [5.41, 5.74) is 3.60. The first-order valence-corrected chi connectivity index (χ1v) is 8.67. The molecule has 0 amide bonds. The van der Waals surface area contributed by atoms with Gasteiger partial charge in [0.1, 0.15) is 5.75 Å². The van der Waals surface area contributed by atoms with Gasteiger partial charge < -0.3 is 9.72 Å². The molecule has 4 nitrogen and oxygen atoms in total. The predicted molar refractivity (Wildman–Crippen MR) is 105 cm³/mol. The molecule has 0 aliphatic carbocycles. The van der Waals surface area contributed by atoms with Crippen LogP contribution < -0.4 is 14.6 Å². The average molecular weight is 334 g/mol. The van der Waals surface area contributed by atoms with E-state index in [1.54, 1.807) is 7.11 Å². The van der Waals surface area contributed by atoms with Crippen molar-refractivity contribution in [3.63, 3.8) is 0 Å². The van der Waals surface area contributed by atoms with Crippen LogP contribution in [0.4, 0.5) is 5.82 Å². The number of anilines is 1. The van der Waals surface area contributed by atoms with Crippen LogP contribution in [0.2, 0.25) is 0 Å². The van der Waals surface area contributed by atoms with Crippen LogP contribution in [0.25, 0.3) is 32.6 Å². The summed E-state index contributed by atoms with van der Waals surface area (Å²) < 4.78 is 7.58. The first kappa shape index (κ1) is 15.8. The Hall–Kier alpha value is -2.75. The summed E-state index contributed by atoms with van der Waals surface area (Å²) in [5.74, 6) is 2.03. The van der Waals surface area contributed by atoms with Gasteiger partial charge in [0.25, 0.3) is 5.82 Å². The Kier molecular flexibility index (Phi) is 3.57. The largest absolute Gasteiger partial charge is 0.497 e. The smallest absolute Gasteiger partial charge is 0.282 e. The fraction of sp³-hybridized carbons (Fsp3) is 0.286. The zero-order valence-corrected chi connectivity index (χ0v) is 15.4. The number of benzene rings is 2. The lowest BCUT2D eigenvalue weighted by molar-refractivity contribution is -0.656. The van der Waals surface area contributed by atoms with Crippen LogP contribution >= 0.6 is 0 Å². The summed E-state index contributed by atoms with van der Waals surface area (Å²) in [6.07, 6.45) is 2.12. The van der Waals surface area contributed by atoms with E-state index < -0.39 is 0 Å². The van der Waals surface area contributed by atoms with Crippen molar-refractivity contribution in [1.29, 1.82) is 0 Å². The zero-order valence-electron chi connectivity index (χ0n) is 15.4. The van der Waals surface area contributed by atoms with Crippen molar-refractivity contribution in [3.05, 3.63) is 42.1 Å². The molecule has 4 rings (SSSR count). The number of nitrogens with zero attached hydrogens (tertiary/aromatic N) is 1. The van der Waals surface area contributed by atoms with Gasteiger partial charge in [0.2, 0.25) is 0 Å². The summed E-state index contributed by atoms with van der Waals surface area (Å²) in [4.78, 5) is 3.58. The highest BCUT2D eigenvalue weighted by molar-refractivity contribution is 6.15. The average Bonchev–Trinajstić information content (AvgIpc) is 2.95. The maximum atomic E-state index is 5.42. The number of hydrogen-bond acceptors (Lipinski definition) is 2. The highest BCUT2D eigenvalue weighted by Crippen LogP contribution is 2.36. The number of fused-ring (bicyclic) bond motifs is 4. The lowest BCUT2D eigenvalue weighted by Gasteiger charge is -2.11. The molecule has 0 saturated heterocycles. The van der Waals surface area contributed by atoms with Crippen LogP contribution in [0.15, 0.2) is 36.5 Å². The molecule has 0 unspecified atom stereocenters. The Morgan fingerprint density at radius 1 is 1.04 bits per heavy atom. The molecule has 2 heterocycles. The number of pyridine rings is 1. The number of rotatable bonds is 3. The molecule has 0 radical (unpaired) electrons. The molecule has 0 bridgehead atoms. The van der Waals surface area contributed by atoms with Crippen LogP contribution in [-0.2, 0) is 7.05 Å². The second kappa shape index (κ2) is 5.66. The first-order valence-electron chi connectivity index (χ1n) is 8.67. The van der Waals surface area contributed by atoms with E-state index in [2.05, 4.69) is 73.1 Å². The third kappa shape index (κ3) is 2.40. The van der Waals surface area contributed by atoms with Crippen molar-refractivity contribution in [2.75, 3.05) is 12.4 Å². The standard InChI is InChI=1S/C21H23N3O/c1-12(2)22-21-18-11-17-16-10-14(25-5)6-7-19(16)23-20(17)13(3)15(18)8-9-24(21)4/h6-12H,1-5H3,(H,22,23)/p+1. The molecule has 4 aromatic rings. The third-order valence-corrected chi connectivity index (χ3v) is 4.90. The van der Waals surface area contributed by atoms with E-state index in [-0.39, 0.29) is 0 Å². The highest BCUT2D eigenvalue weighted by Gasteiger charge is 2.18. The van der Waals surface area contributed by atoms with E-state index in [0.717, 1.165) is 17.1 Å². The molecule has 0 spiro atoms. The second-order valence-electron chi connectivity index (χ2n) is 7.00. The normalized spacial score (nSPS) is 11.8. The molecule has 0 atom stereocenters. The number of hydrogen-bond donors (Lipinski definition) is 2. The lowest BCUT2D eigenvalue weighted by Crippen LogP contribution is -2.34. The van der Waals surface area contributed by atoms with E-state index in [1.807, 2.05) is 6.07 Å². The minimum atomic E-state index is 0.371. The number of aromatic amines is 1. The van der Waals surface area contributed by atoms with Crippen molar-refractivity contribution >= 4 is 38.4 Å². The van der Waals surface area contributed by atoms with Gasteiger partial charge in [-0.15, -0.1) is 0 Å². The Morgan fingerprint density at radius 2 is 1.84 bits per heavy atom. The van der Waals surface area contributed by atoms with Gasteiger partial charge in [-0.2, -0.15) is 0 Å². The van der Waals surface area contributed by atoms with Crippen LogP contribution in [0.1, 0.15) is 19.4 Å². The summed E-state index contributed by atoms with van der Waals surface area (Å²) >= 11 is 0. The number of methoxy groups -OCH3 is 1. The number of H-pyrrole nitrogens is 1. The van der Waals surface area contributed by atoms with E-state index in [4.69, 9.17) is 4.74 Å². The Bertz CT molecular complexity index is 1110. The van der Waals surface area contributed by atoms with Gasteiger partial charge in [-0.1, -0.05) is 0 Å². The molecule has 2 aromatic carbocycles. The quantitative estimate of drug-likeness (QED) is 0.544. The van der Waals surface area contributed by atoms with Crippen molar-refractivity contribution in [1.82, 2.24) is 4.98 Å². The number of nitrogens with one attached hydrogen (secondary N) is 2. The molecular formula is C21H24N3O+. The fourth-order valence-electron chi connectivity index (χ4n) is 3.64. The molecule has 0 aliphatic heterocycles. The van der Waals surface area contributed by atoms with E-state index in [9.17, 15) is 0 Å². The van der Waals surface area contributed by atoms with Gasteiger partial charge >= 0.3 is 0 Å². The van der Waals surface area contributed by atoms with Gasteiger partial charge in [-0.25, -0.2) is 4.57 Å². The third-order valence-electron chi connectivity index (χ3n) is 4.90. The summed E-state index contributed by atoms with van der Waals surface area (Å²) in [6.45, 7) is 6.53. The number of aromatic nitrogens is 2. The summed E-state index contributed by atoms with van der Waals surface area (Å²) in [5, 5.41) is 8.54. The Morgan fingerprint density at radius 3 is 2.56 bits per heavy atom. The van der Waals surface area contributed by atoms with Gasteiger partial charge in [-0.3, -0.25) is 5.32 Å². The monoisotopic (exact) mass is 334 g/mol. The van der Waals surface area contributed by atoms with Gasteiger partial charge in [-0.05, 0) is 62.1 Å². The fourth-order valence-corrected chi connectivity index (χ4v) is 3.64. The zero-order chi connectivity index (χ0) is 17.7. The van der Waals surface area contributed by atoms with Gasteiger partial charge in [0.15, 0.2) is 0 Å². The maximum Gasteiger partial charge on any atom is 0.282 e. The van der Waals surface area contributed by atoms with E-state index in [1.165, 1.54) is 32.6 Å². The van der Waals surface area contributed by atoms with Crippen LogP contribution in [0.5, 0.6) is 5.75 Å². The van der Waals surface area contributed by atoms with Crippen LogP contribution in [-0.4, -0.2) is 18.1 Å². The van der Waals surface area contributed by atoms with Crippen LogP contribution in [0.3, 0.4) is 0 Å². The molecule has 25 heavy (non-hydrogen) atoms. The molecule has 4 heteroatoms. The topological polar surface area (TPSA) is 40.9 Å². The van der Waals surface area contributed by atoms with Gasteiger partial charge in [0.05, 0.1) is 37.3 Å². The van der Waals surface area contributed by atoms with E-state index in [0.29, 0.717) is 6.04 Å². The highest BCUT2D eigenvalue weighted by atomic mass is 16.5. The van der Waals surface area contributed by atoms with Crippen molar-refractivity contribution in [2.24, 2.45) is 7.05 Å². The van der Waals surface area contributed by atoms with Crippen molar-refractivity contribution in [2.45, 2.75) is 26.8 Å². The second-order valence-corrected chi connectivity index (χ2v) is 7.00. The SMILES string of the molecule is COc1ccc2[nH]c3c(C)c4cc[n+](C)c(NC(C)C)c4cc3c2c1. The molecular weight excluding hydrogens is 310 g/mol. The van der Waals surface area contributed by atoms with Crippen LogP contribution in [0, 0.1) is 6.92 Å². The minimum absolute atomic E-state index is 0.371. The first-order chi connectivity index (χ1) is 12.0. The Balaban J connectivity index is 2.14. The lowest BCUT2D eigenvalue weighted by atomic mass is 10.0. The molecule has 128 valence electrons. The summed E-state index contributed by atoms with van der Waals surface area (Å²) in [6, 6.07) is 11.1. The molecule has 0 fully saturated rings. The molecule has 0 saturated carbocycles. The molecule has 2 aromatic heterocycles. The Labute approximate surface area is 147 Å². The van der Waals surface area contributed by atoms with Crippen molar-refractivity contribution < 1.29 is 9.30 Å². The predicted octanol–water partition coefficient (Wildman–Crippen LogP) is 4.44. The maximum absolute atomic E-state index is 5.42.